The number of carbonyl (C=O) groups is 4. The molecule has 1 aromatic carbocycles. The number of amides is 3. The maximum absolute atomic E-state index is 14.1. The zero-order valence-corrected chi connectivity index (χ0v) is 31.2. The molecule has 3 aliphatic rings. The largest absolute Gasteiger partial charge is 0.495 e. The lowest BCUT2D eigenvalue weighted by Gasteiger charge is -2.42. The number of hydrogen-bond donors (Lipinski definition) is 2. The molecule has 13 nitrogen and oxygen atoms in total. The Bertz CT molecular complexity index is 1550. The monoisotopic (exact) mass is 719 g/mol. The summed E-state index contributed by atoms with van der Waals surface area (Å²) in [7, 11) is 6.02. The predicted molar refractivity (Wildman–Crippen MR) is 186 cm³/mol. The van der Waals surface area contributed by atoms with Crippen molar-refractivity contribution in [1.82, 2.24) is 10.2 Å². The summed E-state index contributed by atoms with van der Waals surface area (Å²) in [5.74, 6) is -1.88. The van der Waals surface area contributed by atoms with E-state index < -0.39 is 65.7 Å². The van der Waals surface area contributed by atoms with Crippen LogP contribution in [0.15, 0.2) is 35.9 Å². The predicted octanol–water partition coefficient (Wildman–Crippen LogP) is 4.17. The molecule has 2 fully saturated rings. The summed E-state index contributed by atoms with van der Waals surface area (Å²) in [6, 6.07) is 2.63. The van der Waals surface area contributed by atoms with Gasteiger partial charge in [-0.15, -0.1) is 0 Å². The number of methoxy groups -OCH3 is 2. The summed E-state index contributed by atoms with van der Waals surface area (Å²) >= 11 is 6.74. The third-order valence-electron chi connectivity index (χ3n) is 9.97. The van der Waals surface area contributed by atoms with E-state index in [4.69, 9.17) is 35.3 Å². The van der Waals surface area contributed by atoms with Crippen molar-refractivity contribution in [1.29, 1.82) is 0 Å². The Kier molecular flexibility index (Phi) is 12.0. The van der Waals surface area contributed by atoms with Crippen LogP contribution in [0, 0.1) is 11.8 Å². The van der Waals surface area contributed by atoms with Gasteiger partial charge in [0.1, 0.15) is 40.7 Å². The summed E-state index contributed by atoms with van der Waals surface area (Å²) in [6.45, 7) is 10.5. The second-order valence-corrected chi connectivity index (χ2v) is 14.4. The van der Waals surface area contributed by atoms with Crippen molar-refractivity contribution in [3.63, 3.8) is 0 Å². The maximum atomic E-state index is 14.1. The fourth-order valence-electron chi connectivity index (χ4n) is 6.60. The van der Waals surface area contributed by atoms with Crippen LogP contribution < -0.4 is 15.0 Å². The van der Waals surface area contributed by atoms with E-state index in [0.717, 1.165) is 11.1 Å². The minimum atomic E-state index is -1.82. The molecule has 3 heterocycles. The van der Waals surface area contributed by atoms with Crippen LogP contribution in [0.1, 0.15) is 59.9 Å². The number of ether oxygens (including phenoxy) is 5. The van der Waals surface area contributed by atoms with Crippen molar-refractivity contribution < 1.29 is 48.0 Å². The molecule has 0 aliphatic carbocycles. The van der Waals surface area contributed by atoms with E-state index in [0.29, 0.717) is 17.9 Å². The minimum Gasteiger partial charge on any atom is -0.495 e. The first-order valence-corrected chi connectivity index (χ1v) is 17.1. The Morgan fingerprint density at radius 3 is 2.50 bits per heavy atom. The quantitative estimate of drug-likeness (QED) is 0.323. The van der Waals surface area contributed by atoms with Crippen LogP contribution in [-0.2, 0) is 39.8 Å². The number of epoxide rings is 1. The number of hydrogen-bond acceptors (Lipinski definition) is 10. The van der Waals surface area contributed by atoms with Crippen LogP contribution in [0.2, 0.25) is 5.02 Å². The normalized spacial score (nSPS) is 32.5. The summed E-state index contributed by atoms with van der Waals surface area (Å²) in [5.41, 5.74) is -0.881. The highest BCUT2D eigenvalue weighted by Crippen LogP contribution is 2.49. The highest BCUT2D eigenvalue weighted by molar-refractivity contribution is 6.35. The van der Waals surface area contributed by atoms with Crippen molar-refractivity contribution in [2.75, 3.05) is 33.2 Å². The molecule has 1 aromatic rings. The summed E-state index contributed by atoms with van der Waals surface area (Å²) in [4.78, 5) is 55.8. The number of anilines is 1. The van der Waals surface area contributed by atoms with Crippen LogP contribution in [0.4, 0.5) is 10.5 Å². The molecule has 0 aromatic heterocycles. The van der Waals surface area contributed by atoms with Crippen LogP contribution in [-0.4, -0.2) is 104 Å². The molecule has 8 atom stereocenters. The van der Waals surface area contributed by atoms with Gasteiger partial charge in [0.2, 0.25) is 11.8 Å². The van der Waals surface area contributed by atoms with E-state index >= 15 is 0 Å². The highest BCUT2D eigenvalue weighted by Gasteiger charge is 2.64. The van der Waals surface area contributed by atoms with Crippen molar-refractivity contribution >= 4 is 41.2 Å². The molecule has 0 spiro atoms. The third-order valence-corrected chi connectivity index (χ3v) is 10.4. The van der Waals surface area contributed by atoms with Gasteiger partial charge >= 0.3 is 12.1 Å². The SMILES string of the molecule is COc1cc2cc(c1Cl)N(C)C(=O)C[C@H](OC(=O)[C@H](C)N(C)C(=O)C(C)C)[C@]1(C)OC1[C@H](C)[C@@H]1C[C@@](O)(NC(=O)O1)[C@H](OC)/C=C/C=C(\C)C2. The number of benzene rings is 1. The summed E-state index contributed by atoms with van der Waals surface area (Å²) in [6.07, 6.45) is 1.00. The van der Waals surface area contributed by atoms with Crippen LogP contribution in [0.3, 0.4) is 0 Å². The van der Waals surface area contributed by atoms with E-state index in [1.54, 1.807) is 66.0 Å². The summed E-state index contributed by atoms with van der Waals surface area (Å²) < 4.78 is 29.1. The van der Waals surface area contributed by atoms with Crippen LogP contribution in [0.25, 0.3) is 0 Å². The van der Waals surface area contributed by atoms with Gasteiger partial charge in [0.25, 0.3) is 0 Å². The molecule has 276 valence electrons. The molecule has 50 heavy (non-hydrogen) atoms. The van der Waals surface area contributed by atoms with Gasteiger partial charge in [0.05, 0.1) is 25.3 Å². The zero-order chi connectivity index (χ0) is 37.3. The topological polar surface area (TPSA) is 156 Å². The van der Waals surface area contributed by atoms with Gasteiger partial charge in [-0.2, -0.15) is 0 Å². The number of likely N-dealkylation sites (N-methyl/N-ethyl adjacent to an activating group) is 1. The first kappa shape index (κ1) is 39.1. The fraction of sp³-hybridized carbons (Fsp3) is 0.611. The van der Waals surface area contributed by atoms with Crippen LogP contribution >= 0.6 is 11.6 Å². The molecule has 4 rings (SSSR count). The molecule has 4 bridgehead atoms. The molecule has 3 aliphatic heterocycles. The number of nitrogens with one attached hydrogen (secondary N) is 1. The average Bonchev–Trinajstić information content (AvgIpc) is 3.76. The Morgan fingerprint density at radius 1 is 1.20 bits per heavy atom. The first-order valence-electron chi connectivity index (χ1n) is 16.7. The lowest BCUT2D eigenvalue weighted by atomic mass is 9.83. The number of carbonyl (C=O) groups excluding carboxylic acids is 4. The highest BCUT2D eigenvalue weighted by atomic mass is 35.5. The lowest BCUT2D eigenvalue weighted by Crippen LogP contribution is -2.63. The van der Waals surface area contributed by atoms with Crippen molar-refractivity contribution in [2.24, 2.45) is 11.8 Å². The number of rotatable bonds is 6. The van der Waals surface area contributed by atoms with Crippen molar-refractivity contribution in [3.8, 4) is 5.75 Å². The fourth-order valence-corrected chi connectivity index (χ4v) is 6.91. The number of alkyl carbamates (subject to hydrolysis) is 1. The number of allylic oxidation sites excluding steroid dienone is 3. The standard InChI is InChI=1S/C36H50ClN3O10/c1-19(2)32(42)39(7)22(5)33(43)49-28-17-29(41)40(8)24-15-23(16-25(46-9)30(24)37)14-20(3)12-11-13-27(47-10)36(45)18-26(48-34(44)38-36)21(4)31-35(28,6)50-31/h11-13,15-16,19,21-22,26-28,31,45H,14,17-18H2,1-10H3,(H,38,44)/b13-11+,20-12+/t21-,22+,26+,27-,28+,31?,35+,36+/m1/s1. The van der Waals surface area contributed by atoms with Crippen molar-refractivity contribution in [2.45, 2.75) is 103 Å². The Labute approximate surface area is 298 Å². The van der Waals surface area contributed by atoms with E-state index in [-0.39, 0.29) is 29.7 Å². The molecule has 1 unspecified atom stereocenters. The number of halogens is 1. The van der Waals surface area contributed by atoms with Gasteiger partial charge in [-0.3, -0.25) is 14.9 Å². The smallest absolute Gasteiger partial charge is 0.409 e. The number of fused-ring (bicyclic) bond motifs is 5. The molecule has 2 N–H and O–H groups in total. The van der Waals surface area contributed by atoms with Crippen LogP contribution in [0.5, 0.6) is 5.75 Å². The van der Waals surface area contributed by atoms with Gasteiger partial charge in [0.15, 0.2) is 5.72 Å². The van der Waals surface area contributed by atoms with E-state index in [2.05, 4.69) is 5.32 Å². The van der Waals surface area contributed by atoms with E-state index in [1.807, 2.05) is 13.0 Å². The average molecular weight is 720 g/mol. The number of nitrogens with zero attached hydrogens (tertiary/aromatic N) is 2. The van der Waals surface area contributed by atoms with Gasteiger partial charge in [-0.05, 0) is 44.9 Å². The number of esters is 1. The Balaban J connectivity index is 1.78. The molecule has 2 saturated heterocycles. The lowest BCUT2D eigenvalue weighted by molar-refractivity contribution is -0.162. The molecule has 0 radical (unpaired) electrons. The minimum absolute atomic E-state index is 0.0449. The zero-order valence-electron chi connectivity index (χ0n) is 30.4. The molecule has 3 amide bonds. The summed E-state index contributed by atoms with van der Waals surface area (Å²) in [5, 5.41) is 14.4. The first-order chi connectivity index (χ1) is 23.4. The second-order valence-electron chi connectivity index (χ2n) is 14.0. The Hall–Kier alpha value is -3.65. The second kappa shape index (κ2) is 15.3. The van der Waals surface area contributed by atoms with Crippen molar-refractivity contribution in [3.05, 3.63) is 46.5 Å². The molecule has 0 saturated carbocycles. The molecular weight excluding hydrogens is 670 g/mol. The molecule has 14 heteroatoms. The van der Waals surface area contributed by atoms with Gasteiger partial charge in [-0.25, -0.2) is 9.59 Å². The van der Waals surface area contributed by atoms with Gasteiger partial charge in [0, 0.05) is 39.5 Å². The Morgan fingerprint density at radius 2 is 1.88 bits per heavy atom. The van der Waals surface area contributed by atoms with Gasteiger partial charge < -0.3 is 38.6 Å². The van der Waals surface area contributed by atoms with E-state index in [1.165, 1.54) is 31.1 Å². The molecular formula is C36H50ClN3O10. The third kappa shape index (κ3) is 8.11. The van der Waals surface area contributed by atoms with E-state index in [9.17, 15) is 24.3 Å². The number of aliphatic hydroxyl groups is 1. The maximum Gasteiger partial charge on any atom is 0.409 e. The van der Waals surface area contributed by atoms with Gasteiger partial charge in [-0.1, -0.05) is 56.2 Å².